The highest BCUT2D eigenvalue weighted by Gasteiger charge is 2.31. The number of carbonyl (C=O) groups is 1. The van der Waals surface area contributed by atoms with E-state index < -0.39 is 12.4 Å². The summed E-state index contributed by atoms with van der Waals surface area (Å²) in [6.45, 7) is 0.345. The second-order valence-corrected chi connectivity index (χ2v) is 6.39. The summed E-state index contributed by atoms with van der Waals surface area (Å²) in [5, 5.41) is 9.75. The molecule has 4 rings (SSSR count). The Balaban J connectivity index is 1.43. The van der Waals surface area contributed by atoms with Crippen LogP contribution in [0.4, 0.5) is 23.7 Å². The smallest absolute Gasteiger partial charge is 0.406 e. The third kappa shape index (κ3) is 5.26. The van der Waals surface area contributed by atoms with Crippen LogP contribution in [0.3, 0.4) is 0 Å². The number of ether oxygens (including phenoxy) is 1. The van der Waals surface area contributed by atoms with E-state index >= 15 is 0 Å². The van der Waals surface area contributed by atoms with Crippen LogP contribution in [-0.4, -0.2) is 32.0 Å². The van der Waals surface area contributed by atoms with E-state index in [9.17, 15) is 18.0 Å². The van der Waals surface area contributed by atoms with Gasteiger partial charge in [0.25, 0.3) is 0 Å². The number of nitrogens with zero attached hydrogens (tertiary/aromatic N) is 4. The molecule has 31 heavy (non-hydrogen) atoms. The van der Waals surface area contributed by atoms with Crippen LogP contribution in [0, 0.1) is 0 Å². The molecular weight excluding hydrogens is 413 g/mol. The van der Waals surface area contributed by atoms with Crippen molar-refractivity contribution in [2.75, 3.05) is 5.32 Å². The van der Waals surface area contributed by atoms with Crippen molar-refractivity contribution in [2.24, 2.45) is 0 Å². The van der Waals surface area contributed by atoms with Crippen molar-refractivity contribution in [2.45, 2.75) is 12.9 Å². The maximum Gasteiger partial charge on any atom is 0.573 e. The third-order valence-electron chi connectivity index (χ3n) is 4.14. The molecule has 158 valence electrons. The number of hydrogen-bond donors (Lipinski definition) is 2. The zero-order valence-corrected chi connectivity index (χ0v) is 15.8. The zero-order valence-electron chi connectivity index (χ0n) is 15.8. The molecule has 0 fully saturated rings. The first-order valence-electron chi connectivity index (χ1n) is 9.02. The monoisotopic (exact) mass is 428 g/mol. The molecule has 0 aliphatic rings. The molecule has 3 aromatic heterocycles. The predicted molar refractivity (Wildman–Crippen MR) is 105 cm³/mol. The number of hydrogen-bond acceptors (Lipinski definition) is 5. The lowest BCUT2D eigenvalue weighted by Gasteiger charge is -2.08. The van der Waals surface area contributed by atoms with Crippen molar-refractivity contribution in [3.05, 3.63) is 72.7 Å². The van der Waals surface area contributed by atoms with Crippen LogP contribution in [0.2, 0.25) is 0 Å². The zero-order chi connectivity index (χ0) is 21.8. The topological polar surface area (TPSA) is 93.4 Å². The van der Waals surface area contributed by atoms with Crippen molar-refractivity contribution in [1.82, 2.24) is 24.9 Å². The van der Waals surface area contributed by atoms with Gasteiger partial charge in [-0.05, 0) is 54.1 Å². The van der Waals surface area contributed by atoms with Gasteiger partial charge in [-0.3, -0.25) is 4.98 Å². The molecule has 2 N–H and O–H groups in total. The number of rotatable bonds is 5. The van der Waals surface area contributed by atoms with Crippen LogP contribution in [0.25, 0.3) is 17.0 Å². The van der Waals surface area contributed by atoms with E-state index in [1.165, 1.54) is 28.8 Å². The molecule has 0 unspecified atom stereocenters. The molecule has 0 saturated heterocycles. The molecule has 0 spiro atoms. The Morgan fingerprint density at radius 1 is 1.03 bits per heavy atom. The van der Waals surface area contributed by atoms with Gasteiger partial charge in [0.1, 0.15) is 5.75 Å². The second kappa shape index (κ2) is 8.30. The summed E-state index contributed by atoms with van der Waals surface area (Å²) in [5.74, 6) is -0.0119. The highest BCUT2D eigenvalue weighted by Crippen LogP contribution is 2.25. The Hall–Kier alpha value is -4.15. The van der Waals surface area contributed by atoms with Crippen molar-refractivity contribution in [3.63, 3.8) is 0 Å². The summed E-state index contributed by atoms with van der Waals surface area (Å²) >= 11 is 0. The van der Waals surface area contributed by atoms with E-state index in [1.54, 1.807) is 42.9 Å². The van der Waals surface area contributed by atoms with Gasteiger partial charge in [0.05, 0.1) is 11.9 Å². The minimum atomic E-state index is -4.75. The van der Waals surface area contributed by atoms with Gasteiger partial charge in [-0.1, -0.05) is 0 Å². The molecule has 0 atom stereocenters. The Labute approximate surface area is 173 Å². The molecule has 11 heteroatoms. The molecule has 0 bridgehead atoms. The molecule has 2 amide bonds. The Bertz CT molecular complexity index is 1190. The molecule has 0 aliphatic heterocycles. The molecule has 4 aromatic rings. The van der Waals surface area contributed by atoms with Crippen LogP contribution in [0.15, 0.2) is 67.1 Å². The van der Waals surface area contributed by atoms with Gasteiger partial charge in [0, 0.05) is 24.5 Å². The maximum absolute atomic E-state index is 12.3. The van der Waals surface area contributed by atoms with E-state index in [0.717, 1.165) is 5.56 Å². The molecule has 8 nitrogen and oxygen atoms in total. The lowest BCUT2D eigenvalue weighted by Crippen LogP contribution is -2.28. The van der Waals surface area contributed by atoms with Crippen LogP contribution >= 0.6 is 0 Å². The van der Waals surface area contributed by atoms with Gasteiger partial charge >= 0.3 is 12.4 Å². The van der Waals surface area contributed by atoms with E-state index in [-0.39, 0.29) is 5.75 Å². The average Bonchev–Trinajstić information content (AvgIpc) is 3.16. The first kappa shape index (κ1) is 20.1. The Morgan fingerprint density at radius 3 is 2.48 bits per heavy atom. The molecule has 0 aliphatic carbocycles. The SMILES string of the molecule is O=C(NCc1ccncc1)Nc1ccc2nc(-c3ccc(OC(F)(F)F)cc3)nn2c1. The summed E-state index contributed by atoms with van der Waals surface area (Å²) in [6.07, 6.45) is 0.111. The summed E-state index contributed by atoms with van der Waals surface area (Å²) in [4.78, 5) is 20.4. The fourth-order valence-electron chi connectivity index (χ4n) is 2.74. The fourth-order valence-corrected chi connectivity index (χ4v) is 2.74. The quantitative estimate of drug-likeness (QED) is 0.501. The lowest BCUT2D eigenvalue weighted by atomic mass is 10.2. The number of alkyl halides is 3. The number of fused-ring (bicyclic) bond motifs is 1. The maximum atomic E-state index is 12.3. The van der Waals surface area contributed by atoms with E-state index in [4.69, 9.17) is 0 Å². The standard InChI is InChI=1S/C20H15F3N6O2/c21-20(22,23)31-16-4-1-14(2-5-16)18-27-17-6-3-15(12-29(17)28-18)26-19(30)25-11-13-7-9-24-10-8-13/h1-10,12H,11H2,(H2,25,26,30). The summed E-state index contributed by atoms with van der Waals surface area (Å²) in [6, 6.07) is 11.8. The number of benzene rings is 1. The number of nitrogens with one attached hydrogen (secondary N) is 2. The van der Waals surface area contributed by atoms with Crippen molar-refractivity contribution < 1.29 is 22.7 Å². The predicted octanol–water partition coefficient (Wildman–Crippen LogP) is 4.01. The van der Waals surface area contributed by atoms with Crippen molar-refractivity contribution >= 4 is 17.4 Å². The highest BCUT2D eigenvalue weighted by molar-refractivity contribution is 5.89. The number of urea groups is 1. The van der Waals surface area contributed by atoms with Crippen LogP contribution in [0.1, 0.15) is 5.56 Å². The van der Waals surface area contributed by atoms with Gasteiger partial charge in [-0.2, -0.15) is 0 Å². The number of aromatic nitrogens is 4. The van der Waals surface area contributed by atoms with Crippen molar-refractivity contribution in [1.29, 1.82) is 0 Å². The molecule has 0 saturated carbocycles. The van der Waals surface area contributed by atoms with Gasteiger partial charge in [-0.15, -0.1) is 18.3 Å². The Kier molecular flexibility index (Phi) is 5.39. The highest BCUT2D eigenvalue weighted by atomic mass is 19.4. The van der Waals surface area contributed by atoms with Gasteiger partial charge in [0.15, 0.2) is 11.5 Å². The number of pyridine rings is 2. The van der Waals surface area contributed by atoms with Crippen LogP contribution < -0.4 is 15.4 Å². The number of halogens is 3. The van der Waals surface area contributed by atoms with Crippen LogP contribution in [-0.2, 0) is 6.54 Å². The summed E-state index contributed by atoms with van der Waals surface area (Å²) in [7, 11) is 0. The third-order valence-corrected chi connectivity index (χ3v) is 4.14. The lowest BCUT2D eigenvalue weighted by molar-refractivity contribution is -0.274. The largest absolute Gasteiger partial charge is 0.573 e. The van der Waals surface area contributed by atoms with E-state index in [2.05, 4.69) is 30.4 Å². The van der Waals surface area contributed by atoms with Gasteiger partial charge < -0.3 is 15.4 Å². The van der Waals surface area contributed by atoms with Gasteiger partial charge in [-0.25, -0.2) is 14.3 Å². The molecule has 0 radical (unpaired) electrons. The first-order chi connectivity index (χ1) is 14.9. The first-order valence-corrected chi connectivity index (χ1v) is 9.02. The minimum absolute atomic E-state index is 0.317. The van der Waals surface area contributed by atoms with Gasteiger partial charge in [0.2, 0.25) is 0 Å². The molecule has 3 heterocycles. The number of carbonyl (C=O) groups excluding carboxylic acids is 1. The Morgan fingerprint density at radius 2 is 1.77 bits per heavy atom. The summed E-state index contributed by atoms with van der Waals surface area (Å²) in [5.41, 5.74) is 2.43. The average molecular weight is 428 g/mol. The second-order valence-electron chi connectivity index (χ2n) is 6.39. The number of anilines is 1. The normalized spacial score (nSPS) is 11.3. The van der Waals surface area contributed by atoms with Crippen LogP contribution in [0.5, 0.6) is 5.75 Å². The fraction of sp³-hybridized carbons (Fsp3) is 0.100. The molecular formula is C20H15F3N6O2. The number of amides is 2. The summed E-state index contributed by atoms with van der Waals surface area (Å²) < 4.78 is 42.2. The van der Waals surface area contributed by atoms with Crippen molar-refractivity contribution in [3.8, 4) is 17.1 Å². The molecule has 1 aromatic carbocycles. The minimum Gasteiger partial charge on any atom is -0.406 e. The van der Waals surface area contributed by atoms with E-state index in [1.807, 2.05) is 0 Å². The van der Waals surface area contributed by atoms with E-state index in [0.29, 0.717) is 29.3 Å².